The maximum Gasteiger partial charge on any atom is 1.00 e. The molecular weight excluding hydrogens is 115 g/mol. The normalized spacial score (nSPS) is 1.17. The Hall–Kier alpha value is 0.162. The van der Waals surface area contributed by atoms with Crippen molar-refractivity contribution in [3.8, 4) is 5.40 Å². The number of thiocyanates is 1. The van der Waals surface area contributed by atoms with Crippen molar-refractivity contribution in [3.05, 3.63) is 0 Å². The van der Waals surface area contributed by atoms with Gasteiger partial charge in [0.25, 0.3) is 0 Å². The van der Waals surface area contributed by atoms with Gasteiger partial charge < -0.3 is 24.3 Å². The van der Waals surface area contributed by atoms with Crippen molar-refractivity contribution in [2.75, 3.05) is 0 Å². The smallest absolute Gasteiger partial charge is 0.696 e. The van der Waals surface area contributed by atoms with Crippen molar-refractivity contribution < 1.29 is 5.48 Å². The second-order valence-corrected chi connectivity index (χ2v) is 0.274. The Bertz CT molecular complexity index is 35.0. The summed E-state index contributed by atoms with van der Waals surface area (Å²) in [5, 5.41) is 8.47. The van der Waals surface area contributed by atoms with E-state index < -0.39 is 0 Å². The van der Waals surface area contributed by atoms with E-state index in [-0.39, 0.29) is 29.0 Å². The number of hydrogen-bond donors (Lipinski definition) is 1. The first-order chi connectivity index (χ1) is 1.41. The second kappa shape index (κ2) is 66.2. The zero-order chi connectivity index (χ0) is 2.71. The van der Waals surface area contributed by atoms with Crippen LogP contribution in [0.15, 0.2) is 0 Å². The zero-order valence-corrected chi connectivity index (χ0v) is 5.11. The fourth-order valence-electron chi connectivity index (χ4n) is 0. The molecule has 0 amide bonds. The molecule has 0 unspecified atom stereocenters. The van der Waals surface area contributed by atoms with Crippen molar-refractivity contribution in [1.29, 1.82) is 5.26 Å². The quantitative estimate of drug-likeness (QED) is 0.252. The first-order valence-corrected chi connectivity index (χ1v) is 0.836. The van der Waals surface area contributed by atoms with Gasteiger partial charge in [-0.1, -0.05) is 5.40 Å². The summed E-state index contributed by atoms with van der Waals surface area (Å²) in [4.78, 5) is 0. The molecule has 2 radical (unpaired) electrons. The van der Waals surface area contributed by atoms with Crippen LogP contribution >= 0.6 is 0 Å². The minimum Gasteiger partial charge on any atom is -0.696 e. The molecule has 0 rings (SSSR count). The molecule has 0 aliphatic carbocycles. The van der Waals surface area contributed by atoms with E-state index in [9.17, 15) is 0 Å². The van der Waals surface area contributed by atoms with Gasteiger partial charge in [0, 0.05) is 0 Å². The molecule has 0 saturated carbocycles. The summed E-state index contributed by atoms with van der Waals surface area (Å²) in [5.74, 6) is 0. The van der Waals surface area contributed by atoms with Gasteiger partial charge in [-0.15, -0.1) is 0 Å². The number of nitrogens with zero attached hydrogens (tertiary/aromatic N) is 1. The summed E-state index contributed by atoms with van der Waals surface area (Å²) >= 11 is 3.70. The molecule has 0 heterocycles. The van der Waals surface area contributed by atoms with Gasteiger partial charge in [-0.3, -0.25) is 0 Å². The van der Waals surface area contributed by atoms with Gasteiger partial charge in [0.1, 0.15) is 0 Å². The molecule has 0 aliphatic heterocycles. The molecular formula is CH5AlN2OS. The predicted molar refractivity (Wildman–Crippen MR) is 27.4 cm³/mol. The maximum atomic E-state index is 7.13. The fraction of sp³-hybridized carbons (Fsp3) is 0. The van der Waals surface area contributed by atoms with Gasteiger partial charge in [-0.05, 0) is 0 Å². The van der Waals surface area contributed by atoms with Crippen LogP contribution < -0.4 is 6.15 Å². The zero-order valence-electron chi connectivity index (χ0n) is 3.14. The van der Waals surface area contributed by atoms with Crippen LogP contribution in [0.2, 0.25) is 0 Å². The molecule has 6 heavy (non-hydrogen) atoms. The van der Waals surface area contributed by atoms with E-state index in [4.69, 9.17) is 5.26 Å². The molecule has 3 nitrogen and oxygen atoms in total. The molecule has 5 N–H and O–H groups in total. The Kier molecular flexibility index (Phi) is 387. The minimum atomic E-state index is 0. The van der Waals surface area contributed by atoms with Crippen LogP contribution in [0.3, 0.4) is 0 Å². The van der Waals surface area contributed by atoms with Gasteiger partial charge >= 0.3 is 17.4 Å². The SMILES string of the molecule is N.N#C[S-].O.[Al+]. The van der Waals surface area contributed by atoms with Crippen molar-refractivity contribution in [3.63, 3.8) is 0 Å². The largest absolute Gasteiger partial charge is 1.00 e. The molecule has 34 valence electrons. The van der Waals surface area contributed by atoms with E-state index in [0.29, 0.717) is 0 Å². The van der Waals surface area contributed by atoms with Crippen molar-refractivity contribution in [2.45, 2.75) is 0 Å². The number of hydrogen-bond acceptors (Lipinski definition) is 3. The standard InChI is InChI=1S/CHNS.Al.H3N.H2O/c2-1-3;;;/h3H;;1H3;1H2/q;+1;;/p-1. The number of nitriles is 1. The molecule has 0 aromatic rings. The Morgan fingerprint density at radius 2 is 1.50 bits per heavy atom. The summed E-state index contributed by atoms with van der Waals surface area (Å²) < 4.78 is 0. The third-order valence-corrected chi connectivity index (χ3v) is 0. The molecule has 0 aromatic heterocycles. The summed E-state index contributed by atoms with van der Waals surface area (Å²) in [6, 6.07) is 0. The van der Waals surface area contributed by atoms with Crippen LogP contribution in [-0.2, 0) is 12.6 Å². The Morgan fingerprint density at radius 1 is 1.50 bits per heavy atom. The fourth-order valence-corrected chi connectivity index (χ4v) is 0. The molecule has 0 atom stereocenters. The minimum absolute atomic E-state index is 0. The Labute approximate surface area is 52.8 Å². The van der Waals surface area contributed by atoms with E-state index >= 15 is 0 Å². The van der Waals surface area contributed by atoms with Gasteiger partial charge in [0.2, 0.25) is 0 Å². The van der Waals surface area contributed by atoms with Gasteiger partial charge in [-0.2, -0.15) is 0 Å². The third-order valence-electron chi connectivity index (χ3n) is 0. The predicted octanol–water partition coefficient (Wildman–Crippen LogP) is -1.03. The van der Waals surface area contributed by atoms with E-state index in [0.717, 1.165) is 0 Å². The average Bonchev–Trinajstić information content (AvgIpc) is 0.918. The molecule has 0 saturated heterocycles. The first kappa shape index (κ1) is 35.1. The van der Waals surface area contributed by atoms with E-state index in [1.54, 1.807) is 0 Å². The van der Waals surface area contributed by atoms with Gasteiger partial charge in [0.15, 0.2) is 0 Å². The van der Waals surface area contributed by atoms with Gasteiger partial charge in [0.05, 0.1) is 0 Å². The molecule has 0 bridgehead atoms. The summed E-state index contributed by atoms with van der Waals surface area (Å²) in [6.07, 6.45) is 0. The molecule has 0 spiro atoms. The van der Waals surface area contributed by atoms with Crippen LogP contribution in [0.1, 0.15) is 0 Å². The van der Waals surface area contributed by atoms with Crippen LogP contribution in [-0.4, -0.2) is 22.8 Å². The summed E-state index contributed by atoms with van der Waals surface area (Å²) in [5.41, 5.74) is 0. The van der Waals surface area contributed by atoms with E-state index in [1.165, 1.54) is 5.40 Å². The molecule has 0 aromatic carbocycles. The monoisotopic (exact) mass is 120 g/mol. The Balaban J connectivity index is -0.00000000667. The molecule has 0 fully saturated rings. The second-order valence-electron chi connectivity index (χ2n) is 0.0913. The van der Waals surface area contributed by atoms with Crippen LogP contribution in [0.25, 0.3) is 0 Å². The average molecular weight is 120 g/mol. The van der Waals surface area contributed by atoms with Gasteiger partial charge in [-0.25, -0.2) is 5.26 Å². The first-order valence-electron chi connectivity index (χ1n) is 0.428. The van der Waals surface area contributed by atoms with Crippen molar-refractivity contribution in [2.24, 2.45) is 0 Å². The topological polar surface area (TPSA) is 90.3 Å². The summed E-state index contributed by atoms with van der Waals surface area (Å²) in [7, 11) is 0. The van der Waals surface area contributed by atoms with Crippen molar-refractivity contribution in [1.82, 2.24) is 6.15 Å². The Morgan fingerprint density at radius 3 is 1.50 bits per heavy atom. The maximum absolute atomic E-state index is 7.13. The van der Waals surface area contributed by atoms with Crippen molar-refractivity contribution >= 4 is 30.0 Å². The third kappa shape index (κ3) is 1580. The van der Waals surface area contributed by atoms with E-state index in [1.807, 2.05) is 0 Å². The van der Waals surface area contributed by atoms with Crippen LogP contribution in [0, 0.1) is 10.7 Å². The van der Waals surface area contributed by atoms with Crippen LogP contribution in [0.5, 0.6) is 0 Å². The molecule has 5 heteroatoms. The van der Waals surface area contributed by atoms with Crippen LogP contribution in [0.4, 0.5) is 0 Å². The van der Waals surface area contributed by atoms with E-state index in [2.05, 4.69) is 12.6 Å². The molecule has 0 aliphatic rings. The summed E-state index contributed by atoms with van der Waals surface area (Å²) in [6.45, 7) is 0. The number of rotatable bonds is 0.